The van der Waals surface area contributed by atoms with Crippen LogP contribution in [0.4, 0.5) is 0 Å². The van der Waals surface area contributed by atoms with Crippen LogP contribution in [0.25, 0.3) is 0 Å². The summed E-state index contributed by atoms with van der Waals surface area (Å²) < 4.78 is 0. The number of carbonyl (C=O) groups is 2. The van der Waals surface area contributed by atoms with Gasteiger partial charge in [0, 0.05) is 29.4 Å². The van der Waals surface area contributed by atoms with Gasteiger partial charge >= 0.3 is 0 Å². The summed E-state index contributed by atoms with van der Waals surface area (Å²) in [5.74, 6) is 0.515. The zero-order valence-corrected chi connectivity index (χ0v) is 10.5. The van der Waals surface area contributed by atoms with E-state index in [0.717, 1.165) is 25.7 Å². The van der Waals surface area contributed by atoms with Crippen LogP contribution in [0.5, 0.6) is 0 Å². The summed E-state index contributed by atoms with van der Waals surface area (Å²) in [4.78, 5) is 21.9. The lowest BCUT2D eigenvalue weighted by Gasteiger charge is -2.09. The Morgan fingerprint density at radius 1 is 1.50 bits per heavy atom. The predicted molar refractivity (Wildman–Crippen MR) is 65.5 cm³/mol. The van der Waals surface area contributed by atoms with E-state index in [-0.39, 0.29) is 5.91 Å². The van der Waals surface area contributed by atoms with Crippen LogP contribution in [0, 0.1) is 0 Å². The zero-order valence-electron chi connectivity index (χ0n) is 9.70. The van der Waals surface area contributed by atoms with Crippen LogP contribution < -0.4 is 5.32 Å². The maximum absolute atomic E-state index is 11.1. The van der Waals surface area contributed by atoms with Gasteiger partial charge in [-0.05, 0) is 26.2 Å². The Morgan fingerprint density at radius 2 is 2.31 bits per heavy atom. The lowest BCUT2D eigenvalue weighted by molar-refractivity contribution is -0.119. The fourth-order valence-electron chi connectivity index (χ4n) is 2.56. The van der Waals surface area contributed by atoms with E-state index in [4.69, 9.17) is 0 Å². The lowest BCUT2D eigenvalue weighted by atomic mass is 10.0. The zero-order chi connectivity index (χ0) is 11.5. The average molecular weight is 241 g/mol. The van der Waals surface area contributed by atoms with Gasteiger partial charge in [-0.1, -0.05) is 6.42 Å². The molecule has 2 fully saturated rings. The summed E-state index contributed by atoms with van der Waals surface area (Å²) in [7, 11) is 0. The number of hydrogen-bond acceptors (Lipinski definition) is 3. The molecule has 0 aromatic heterocycles. The van der Waals surface area contributed by atoms with Gasteiger partial charge in [0.2, 0.25) is 5.91 Å². The number of nitrogens with one attached hydrogen (secondary N) is 1. The number of rotatable bonds is 5. The van der Waals surface area contributed by atoms with Crippen molar-refractivity contribution in [3.8, 4) is 0 Å². The highest BCUT2D eigenvalue weighted by molar-refractivity contribution is 8.00. The largest absolute Gasteiger partial charge is 0.352 e. The molecule has 3 nitrogen and oxygen atoms in total. The SMILES string of the molecule is CC(=O)CCCCC1CC2NC(=O)CC2S1. The van der Waals surface area contributed by atoms with E-state index in [9.17, 15) is 9.59 Å². The number of carbonyl (C=O) groups excluding carboxylic acids is 2. The molecule has 1 amide bonds. The maximum Gasteiger partial charge on any atom is 0.221 e. The van der Waals surface area contributed by atoms with Gasteiger partial charge in [-0.3, -0.25) is 4.79 Å². The number of hydrogen-bond donors (Lipinski definition) is 1. The fourth-order valence-corrected chi connectivity index (χ4v) is 4.29. The van der Waals surface area contributed by atoms with Crippen molar-refractivity contribution >= 4 is 23.5 Å². The van der Waals surface area contributed by atoms with E-state index in [2.05, 4.69) is 5.32 Å². The molecule has 2 aliphatic heterocycles. The maximum atomic E-state index is 11.1. The Kier molecular flexibility index (Phi) is 3.90. The van der Waals surface area contributed by atoms with Crippen molar-refractivity contribution < 1.29 is 9.59 Å². The number of Topliss-reactive ketones (excluding diaryl/α,β-unsaturated/α-hetero) is 1. The molecule has 2 heterocycles. The molecule has 90 valence electrons. The number of thioether (sulfide) groups is 1. The Bertz CT molecular complexity index is 277. The van der Waals surface area contributed by atoms with Crippen molar-refractivity contribution in [1.82, 2.24) is 5.32 Å². The average Bonchev–Trinajstić information content (AvgIpc) is 2.68. The Hall–Kier alpha value is -0.510. The van der Waals surface area contributed by atoms with E-state index in [1.165, 1.54) is 6.42 Å². The van der Waals surface area contributed by atoms with Crippen LogP contribution in [0.1, 0.15) is 45.4 Å². The molecular formula is C12H19NO2S. The van der Waals surface area contributed by atoms with Gasteiger partial charge in [-0.15, -0.1) is 0 Å². The first-order valence-electron chi connectivity index (χ1n) is 6.09. The van der Waals surface area contributed by atoms with E-state index >= 15 is 0 Å². The quantitative estimate of drug-likeness (QED) is 0.748. The molecule has 2 saturated heterocycles. The van der Waals surface area contributed by atoms with E-state index < -0.39 is 0 Å². The molecule has 2 rings (SSSR count). The van der Waals surface area contributed by atoms with E-state index in [0.29, 0.717) is 28.7 Å². The molecule has 0 radical (unpaired) electrons. The van der Waals surface area contributed by atoms with Gasteiger partial charge in [-0.25, -0.2) is 0 Å². The first kappa shape index (κ1) is 12.0. The van der Waals surface area contributed by atoms with Gasteiger partial charge in [0.25, 0.3) is 0 Å². The minimum atomic E-state index is 0.220. The Balaban J connectivity index is 1.63. The third-order valence-corrected chi connectivity index (χ3v) is 5.03. The number of amides is 1. The minimum absolute atomic E-state index is 0.220. The van der Waals surface area contributed by atoms with Crippen LogP contribution >= 0.6 is 11.8 Å². The molecule has 3 atom stereocenters. The molecule has 0 aliphatic carbocycles. The van der Waals surface area contributed by atoms with Crippen LogP contribution in [-0.2, 0) is 9.59 Å². The van der Waals surface area contributed by atoms with Crippen LogP contribution in [0.15, 0.2) is 0 Å². The van der Waals surface area contributed by atoms with Crippen LogP contribution in [-0.4, -0.2) is 28.2 Å². The van der Waals surface area contributed by atoms with Crippen molar-refractivity contribution in [2.45, 2.75) is 62.0 Å². The van der Waals surface area contributed by atoms with Crippen molar-refractivity contribution in [2.24, 2.45) is 0 Å². The second-order valence-corrected chi connectivity index (χ2v) is 6.40. The van der Waals surface area contributed by atoms with Gasteiger partial charge < -0.3 is 10.1 Å². The highest BCUT2D eigenvalue weighted by atomic mass is 32.2. The van der Waals surface area contributed by atoms with Gasteiger partial charge in [0.15, 0.2) is 0 Å². The second kappa shape index (κ2) is 5.21. The molecule has 3 unspecified atom stereocenters. The summed E-state index contributed by atoms with van der Waals surface area (Å²) in [5.41, 5.74) is 0. The molecule has 1 N–H and O–H groups in total. The number of ketones is 1. The summed E-state index contributed by atoms with van der Waals surface area (Å²) >= 11 is 1.98. The van der Waals surface area contributed by atoms with Crippen LogP contribution in [0.2, 0.25) is 0 Å². The molecule has 0 aromatic rings. The van der Waals surface area contributed by atoms with Gasteiger partial charge in [0.1, 0.15) is 5.78 Å². The molecule has 0 bridgehead atoms. The summed E-state index contributed by atoms with van der Waals surface area (Å²) in [6.07, 6.45) is 5.92. The lowest BCUT2D eigenvalue weighted by Crippen LogP contribution is -2.27. The van der Waals surface area contributed by atoms with Gasteiger partial charge in [-0.2, -0.15) is 11.8 Å². The first-order chi connectivity index (χ1) is 7.65. The normalized spacial score (nSPS) is 32.6. The fraction of sp³-hybridized carbons (Fsp3) is 0.833. The summed E-state index contributed by atoms with van der Waals surface area (Å²) in [6.45, 7) is 1.66. The summed E-state index contributed by atoms with van der Waals surface area (Å²) in [6, 6.07) is 0.426. The molecule has 2 aliphatic rings. The monoisotopic (exact) mass is 241 g/mol. The Labute approximate surface area is 101 Å². The summed E-state index contributed by atoms with van der Waals surface area (Å²) in [5, 5.41) is 4.26. The van der Waals surface area contributed by atoms with Crippen molar-refractivity contribution in [3.63, 3.8) is 0 Å². The predicted octanol–water partition coefficient (Wildman–Crippen LogP) is 1.90. The molecule has 4 heteroatoms. The van der Waals surface area contributed by atoms with E-state index in [1.807, 2.05) is 11.8 Å². The van der Waals surface area contributed by atoms with Crippen molar-refractivity contribution in [3.05, 3.63) is 0 Å². The van der Waals surface area contributed by atoms with Crippen molar-refractivity contribution in [1.29, 1.82) is 0 Å². The van der Waals surface area contributed by atoms with Crippen molar-refractivity contribution in [2.75, 3.05) is 0 Å². The Morgan fingerprint density at radius 3 is 3.00 bits per heavy atom. The highest BCUT2D eigenvalue weighted by Gasteiger charge is 2.40. The molecule has 0 spiro atoms. The first-order valence-corrected chi connectivity index (χ1v) is 7.03. The highest BCUT2D eigenvalue weighted by Crippen LogP contribution is 2.40. The van der Waals surface area contributed by atoms with E-state index in [1.54, 1.807) is 6.92 Å². The molecule has 16 heavy (non-hydrogen) atoms. The third-order valence-electron chi connectivity index (χ3n) is 3.37. The standard InChI is InChI=1S/C12H19NO2S/c1-8(14)4-2-3-5-9-6-10-11(16-9)7-12(15)13-10/h9-11H,2-7H2,1H3,(H,13,15). The number of fused-ring (bicyclic) bond motifs is 1. The molecular weight excluding hydrogens is 222 g/mol. The minimum Gasteiger partial charge on any atom is -0.352 e. The van der Waals surface area contributed by atoms with Gasteiger partial charge in [0.05, 0.1) is 0 Å². The van der Waals surface area contributed by atoms with Crippen LogP contribution in [0.3, 0.4) is 0 Å². The smallest absolute Gasteiger partial charge is 0.221 e. The molecule has 0 aromatic carbocycles. The molecule has 0 saturated carbocycles. The second-order valence-electron chi connectivity index (χ2n) is 4.86. The number of unbranched alkanes of at least 4 members (excludes halogenated alkanes) is 1. The third kappa shape index (κ3) is 3.00. The topological polar surface area (TPSA) is 46.2 Å².